The second kappa shape index (κ2) is 9.40. The Morgan fingerprint density at radius 3 is 2.28 bits per heavy atom. The summed E-state index contributed by atoms with van der Waals surface area (Å²) in [5.74, 6) is 1.42. The molecule has 0 atom stereocenters. The van der Waals surface area contributed by atoms with Crippen molar-refractivity contribution in [2.75, 3.05) is 27.1 Å². The molecular weight excluding hydrogens is 410 g/mol. The zero-order valence-corrected chi connectivity index (χ0v) is 18.0. The summed E-state index contributed by atoms with van der Waals surface area (Å²) >= 11 is 0. The Balaban J connectivity index is 1.62. The van der Waals surface area contributed by atoms with E-state index in [0.717, 1.165) is 17.0 Å². The summed E-state index contributed by atoms with van der Waals surface area (Å²) < 4.78 is 17.5. The Morgan fingerprint density at radius 1 is 0.844 bits per heavy atom. The molecule has 1 aromatic carbocycles. The average molecular weight is 433 g/mol. The molecule has 32 heavy (non-hydrogen) atoms. The number of benzene rings is 1. The van der Waals surface area contributed by atoms with Gasteiger partial charge in [-0.1, -0.05) is 11.3 Å². The third kappa shape index (κ3) is 4.81. The highest BCUT2D eigenvalue weighted by Gasteiger charge is 2.13. The topological polar surface area (TPSA) is 123 Å². The molecule has 4 aromatic rings. The van der Waals surface area contributed by atoms with Crippen LogP contribution in [0.25, 0.3) is 22.6 Å². The van der Waals surface area contributed by atoms with E-state index >= 15 is 0 Å². The van der Waals surface area contributed by atoms with Crippen LogP contribution in [0.15, 0.2) is 48.7 Å². The summed E-state index contributed by atoms with van der Waals surface area (Å²) in [5.41, 5.74) is 10.2. The smallest absolute Gasteiger partial charge is 0.221 e. The van der Waals surface area contributed by atoms with Gasteiger partial charge < -0.3 is 19.9 Å². The van der Waals surface area contributed by atoms with Crippen molar-refractivity contribution in [2.45, 2.75) is 13.2 Å². The molecule has 0 unspecified atom stereocenters. The van der Waals surface area contributed by atoms with Gasteiger partial charge >= 0.3 is 0 Å². The molecular formula is C22H23N7O3. The van der Waals surface area contributed by atoms with E-state index in [-0.39, 0.29) is 5.95 Å². The maximum absolute atomic E-state index is 5.99. The number of nitrogens with zero attached hydrogens (tertiary/aromatic N) is 6. The van der Waals surface area contributed by atoms with Gasteiger partial charge in [-0.3, -0.25) is 4.98 Å². The standard InChI is InChI=1S/C22H23N7O3/c1-30-13-16-6-4-5-15(24-16)11-29-12-21(27-28-29)20-10-19(25-22(23)26-20)14-7-17(31-2)9-18(8-14)32-3/h4-10,12H,11,13H2,1-3H3,(H2,23,25,26). The predicted molar refractivity (Wildman–Crippen MR) is 118 cm³/mol. The molecule has 10 heteroatoms. The molecule has 0 aliphatic heterocycles. The van der Waals surface area contributed by atoms with Gasteiger partial charge in [0.25, 0.3) is 0 Å². The highest BCUT2D eigenvalue weighted by molar-refractivity contribution is 5.69. The second-order valence-electron chi connectivity index (χ2n) is 6.95. The fourth-order valence-corrected chi connectivity index (χ4v) is 3.20. The van der Waals surface area contributed by atoms with E-state index in [0.29, 0.717) is 41.7 Å². The van der Waals surface area contributed by atoms with Crippen molar-refractivity contribution < 1.29 is 14.2 Å². The van der Waals surface area contributed by atoms with Gasteiger partial charge in [-0.05, 0) is 30.3 Å². The third-order valence-corrected chi connectivity index (χ3v) is 4.67. The molecule has 0 saturated carbocycles. The zero-order chi connectivity index (χ0) is 22.5. The van der Waals surface area contributed by atoms with Gasteiger partial charge in [0.05, 0.1) is 56.3 Å². The van der Waals surface area contributed by atoms with Gasteiger partial charge in [-0.15, -0.1) is 5.10 Å². The van der Waals surface area contributed by atoms with Gasteiger partial charge in [0.2, 0.25) is 5.95 Å². The molecule has 3 aromatic heterocycles. The first-order chi connectivity index (χ1) is 15.6. The number of hydrogen-bond acceptors (Lipinski definition) is 9. The molecule has 0 amide bonds. The van der Waals surface area contributed by atoms with Crippen LogP contribution in [-0.2, 0) is 17.9 Å². The summed E-state index contributed by atoms with van der Waals surface area (Å²) in [6, 6.07) is 13.1. The van der Waals surface area contributed by atoms with Crippen LogP contribution >= 0.6 is 0 Å². The lowest BCUT2D eigenvalue weighted by Crippen LogP contribution is -2.04. The van der Waals surface area contributed by atoms with E-state index in [9.17, 15) is 0 Å². The summed E-state index contributed by atoms with van der Waals surface area (Å²) in [4.78, 5) is 13.2. The summed E-state index contributed by atoms with van der Waals surface area (Å²) in [7, 11) is 4.83. The summed E-state index contributed by atoms with van der Waals surface area (Å²) in [6.07, 6.45) is 1.79. The van der Waals surface area contributed by atoms with Gasteiger partial charge in [0.1, 0.15) is 17.2 Å². The van der Waals surface area contributed by atoms with Crippen LogP contribution in [-0.4, -0.2) is 51.3 Å². The highest BCUT2D eigenvalue weighted by Crippen LogP contribution is 2.30. The predicted octanol–water partition coefficient (Wildman–Crippen LogP) is 2.59. The lowest BCUT2D eigenvalue weighted by Gasteiger charge is -2.09. The van der Waals surface area contributed by atoms with Gasteiger partial charge in [0, 0.05) is 18.7 Å². The van der Waals surface area contributed by atoms with Gasteiger partial charge in [-0.25, -0.2) is 14.6 Å². The van der Waals surface area contributed by atoms with Crippen LogP contribution in [0.4, 0.5) is 5.95 Å². The fraction of sp³-hybridized carbons (Fsp3) is 0.227. The minimum Gasteiger partial charge on any atom is -0.497 e. The van der Waals surface area contributed by atoms with Crippen LogP contribution < -0.4 is 15.2 Å². The molecule has 0 bridgehead atoms. The molecule has 0 aliphatic carbocycles. The Bertz CT molecular complexity index is 1200. The molecule has 4 rings (SSSR count). The van der Waals surface area contributed by atoms with Crippen LogP contribution in [0.2, 0.25) is 0 Å². The monoisotopic (exact) mass is 433 g/mol. The number of ether oxygens (including phenoxy) is 3. The number of nitrogens with two attached hydrogens (primary N) is 1. The first-order valence-corrected chi connectivity index (χ1v) is 9.80. The number of methoxy groups -OCH3 is 3. The van der Waals surface area contributed by atoms with E-state index in [2.05, 4.69) is 25.3 Å². The maximum atomic E-state index is 5.99. The number of hydrogen-bond donors (Lipinski definition) is 1. The van der Waals surface area contributed by atoms with E-state index in [1.165, 1.54) is 0 Å². The van der Waals surface area contributed by atoms with Gasteiger partial charge in [-0.2, -0.15) is 0 Å². The largest absolute Gasteiger partial charge is 0.497 e. The zero-order valence-electron chi connectivity index (χ0n) is 18.0. The van der Waals surface area contributed by atoms with Crippen LogP contribution in [0.3, 0.4) is 0 Å². The maximum Gasteiger partial charge on any atom is 0.221 e. The summed E-state index contributed by atoms with van der Waals surface area (Å²) in [5, 5.41) is 8.45. The molecule has 3 heterocycles. The number of nitrogen functional groups attached to an aromatic ring is 1. The quantitative estimate of drug-likeness (QED) is 0.446. The van der Waals surface area contributed by atoms with Crippen molar-refractivity contribution in [3.8, 4) is 34.1 Å². The van der Waals surface area contributed by atoms with Crippen LogP contribution in [0.1, 0.15) is 11.4 Å². The molecule has 164 valence electrons. The number of rotatable bonds is 8. The number of aromatic nitrogens is 6. The van der Waals surface area contributed by atoms with Crippen molar-refractivity contribution in [1.29, 1.82) is 0 Å². The number of pyridine rings is 1. The molecule has 10 nitrogen and oxygen atoms in total. The molecule has 0 spiro atoms. The normalized spacial score (nSPS) is 10.8. The lowest BCUT2D eigenvalue weighted by molar-refractivity contribution is 0.181. The highest BCUT2D eigenvalue weighted by atomic mass is 16.5. The first-order valence-electron chi connectivity index (χ1n) is 9.80. The van der Waals surface area contributed by atoms with Crippen molar-refractivity contribution in [3.63, 3.8) is 0 Å². The van der Waals surface area contributed by atoms with Crippen LogP contribution in [0, 0.1) is 0 Å². The molecule has 0 fully saturated rings. The summed E-state index contributed by atoms with van der Waals surface area (Å²) in [6.45, 7) is 0.916. The van der Waals surface area contributed by atoms with Crippen molar-refractivity contribution >= 4 is 5.95 Å². The second-order valence-corrected chi connectivity index (χ2v) is 6.95. The first kappa shape index (κ1) is 21.2. The molecule has 2 N–H and O–H groups in total. The Morgan fingerprint density at radius 2 is 1.56 bits per heavy atom. The van der Waals surface area contributed by atoms with Crippen molar-refractivity contribution in [1.82, 2.24) is 29.9 Å². The van der Waals surface area contributed by atoms with Crippen molar-refractivity contribution in [2.24, 2.45) is 0 Å². The van der Waals surface area contributed by atoms with Crippen LogP contribution in [0.5, 0.6) is 11.5 Å². The van der Waals surface area contributed by atoms with E-state index < -0.39 is 0 Å². The van der Waals surface area contributed by atoms with E-state index in [1.807, 2.05) is 30.3 Å². The number of anilines is 1. The van der Waals surface area contributed by atoms with Crippen molar-refractivity contribution in [3.05, 3.63) is 60.0 Å². The SMILES string of the molecule is COCc1cccc(Cn2cc(-c3cc(-c4cc(OC)cc(OC)c4)nc(N)n3)nn2)n1. The Kier molecular flexibility index (Phi) is 6.22. The Labute approximate surface area is 185 Å². The third-order valence-electron chi connectivity index (χ3n) is 4.67. The van der Waals surface area contributed by atoms with E-state index in [4.69, 9.17) is 19.9 Å². The minimum absolute atomic E-state index is 0.128. The fourth-order valence-electron chi connectivity index (χ4n) is 3.20. The Hall–Kier alpha value is -4.05. The van der Waals surface area contributed by atoms with E-state index in [1.54, 1.807) is 44.3 Å². The minimum atomic E-state index is 0.128. The molecule has 0 radical (unpaired) electrons. The van der Waals surface area contributed by atoms with Gasteiger partial charge in [0.15, 0.2) is 0 Å². The average Bonchev–Trinajstić information content (AvgIpc) is 3.27. The lowest BCUT2D eigenvalue weighted by atomic mass is 10.1. The molecule has 0 saturated heterocycles. The molecule has 0 aliphatic rings.